The monoisotopic (exact) mass is 405 g/mol. The first-order valence-corrected chi connectivity index (χ1v) is 9.97. The molecule has 2 aromatic carbocycles. The van der Waals surface area contributed by atoms with Crippen molar-refractivity contribution in [3.05, 3.63) is 76.4 Å². The number of carbonyl (C=O) groups excluding carboxylic acids is 1. The summed E-state index contributed by atoms with van der Waals surface area (Å²) in [6, 6.07) is 17.5. The molecule has 0 bridgehead atoms. The number of ether oxygens (including phenoxy) is 1. The number of hydrogen-bond acceptors (Lipinski definition) is 5. The van der Waals surface area contributed by atoms with Crippen molar-refractivity contribution in [1.29, 1.82) is 0 Å². The van der Waals surface area contributed by atoms with Crippen LogP contribution in [0.15, 0.2) is 70.8 Å². The van der Waals surface area contributed by atoms with Crippen molar-refractivity contribution >= 4 is 33.7 Å². The predicted molar refractivity (Wildman–Crippen MR) is 116 cm³/mol. The lowest BCUT2D eigenvalue weighted by molar-refractivity contribution is -0.119. The maximum atomic E-state index is 13.0. The molecule has 4 rings (SSSR count). The zero-order valence-corrected chi connectivity index (χ0v) is 16.8. The number of nitrogens with one attached hydrogen (secondary N) is 1. The molecule has 1 N–H and O–H groups in total. The van der Waals surface area contributed by atoms with Gasteiger partial charge in [-0.15, -0.1) is 11.3 Å². The van der Waals surface area contributed by atoms with Crippen molar-refractivity contribution in [3.8, 4) is 16.3 Å². The maximum absolute atomic E-state index is 13.0. The summed E-state index contributed by atoms with van der Waals surface area (Å²) in [6.07, 6.45) is 0. The van der Waals surface area contributed by atoms with Crippen LogP contribution in [0.4, 0.5) is 5.69 Å². The van der Waals surface area contributed by atoms with Crippen LogP contribution >= 0.6 is 11.3 Å². The molecular formula is C22H19N3O3S. The first kappa shape index (κ1) is 18.9. The van der Waals surface area contributed by atoms with Gasteiger partial charge in [-0.1, -0.05) is 24.3 Å². The van der Waals surface area contributed by atoms with Crippen molar-refractivity contribution in [2.45, 2.75) is 13.0 Å². The molecule has 0 aliphatic carbocycles. The van der Waals surface area contributed by atoms with Gasteiger partial charge in [0.25, 0.3) is 5.56 Å². The molecule has 2 aromatic heterocycles. The molecule has 146 valence electrons. The van der Waals surface area contributed by atoms with E-state index in [-0.39, 0.29) is 11.5 Å². The van der Waals surface area contributed by atoms with Crippen LogP contribution in [0.1, 0.15) is 13.0 Å². The van der Waals surface area contributed by atoms with Gasteiger partial charge >= 0.3 is 0 Å². The summed E-state index contributed by atoms with van der Waals surface area (Å²) in [7, 11) is 1.58. The summed E-state index contributed by atoms with van der Waals surface area (Å²) >= 11 is 1.54. The molecule has 0 aliphatic rings. The van der Waals surface area contributed by atoms with Crippen molar-refractivity contribution in [2.24, 2.45) is 0 Å². The Morgan fingerprint density at radius 1 is 1.07 bits per heavy atom. The molecule has 0 spiro atoms. The summed E-state index contributed by atoms with van der Waals surface area (Å²) in [5, 5.41) is 10.7. The summed E-state index contributed by atoms with van der Waals surface area (Å²) in [6.45, 7) is 1.67. The van der Waals surface area contributed by atoms with E-state index in [0.29, 0.717) is 22.5 Å². The van der Waals surface area contributed by atoms with Crippen molar-refractivity contribution in [2.75, 3.05) is 12.4 Å². The minimum atomic E-state index is -0.784. The third-order valence-corrected chi connectivity index (χ3v) is 5.56. The van der Waals surface area contributed by atoms with Gasteiger partial charge in [-0.3, -0.25) is 9.59 Å². The van der Waals surface area contributed by atoms with E-state index in [9.17, 15) is 9.59 Å². The zero-order chi connectivity index (χ0) is 20.4. The van der Waals surface area contributed by atoms with Crippen LogP contribution in [0.25, 0.3) is 21.3 Å². The summed E-state index contributed by atoms with van der Waals surface area (Å²) in [5.74, 6) is 0.376. The molecule has 0 saturated carbocycles. The van der Waals surface area contributed by atoms with Crippen LogP contribution in [-0.2, 0) is 4.79 Å². The molecule has 0 fully saturated rings. The van der Waals surface area contributed by atoms with E-state index in [4.69, 9.17) is 4.74 Å². The molecule has 0 unspecified atom stereocenters. The largest absolute Gasteiger partial charge is 0.497 e. The maximum Gasteiger partial charge on any atom is 0.275 e. The Morgan fingerprint density at radius 3 is 2.45 bits per heavy atom. The van der Waals surface area contributed by atoms with Gasteiger partial charge in [0, 0.05) is 11.1 Å². The number of carbonyl (C=O) groups is 1. The third-order valence-electron chi connectivity index (χ3n) is 4.69. The molecule has 1 amide bonds. The van der Waals surface area contributed by atoms with Crippen LogP contribution in [0.3, 0.4) is 0 Å². The highest BCUT2D eigenvalue weighted by atomic mass is 32.1. The van der Waals surface area contributed by atoms with Gasteiger partial charge in [-0.25, -0.2) is 4.68 Å². The number of fused-ring (bicyclic) bond motifs is 1. The number of hydrogen-bond donors (Lipinski definition) is 1. The van der Waals surface area contributed by atoms with Crippen LogP contribution in [-0.4, -0.2) is 22.8 Å². The average molecular weight is 405 g/mol. The van der Waals surface area contributed by atoms with Gasteiger partial charge in [0.1, 0.15) is 17.5 Å². The van der Waals surface area contributed by atoms with Crippen LogP contribution in [0.5, 0.6) is 5.75 Å². The number of rotatable bonds is 5. The fraction of sp³-hybridized carbons (Fsp3) is 0.136. The minimum Gasteiger partial charge on any atom is -0.497 e. The molecule has 7 heteroatoms. The van der Waals surface area contributed by atoms with E-state index in [2.05, 4.69) is 10.4 Å². The van der Waals surface area contributed by atoms with E-state index in [0.717, 1.165) is 10.3 Å². The van der Waals surface area contributed by atoms with Gasteiger partial charge in [0.15, 0.2) is 0 Å². The first-order valence-electron chi connectivity index (χ1n) is 9.09. The summed E-state index contributed by atoms with van der Waals surface area (Å²) in [5.41, 5.74) is 1.02. The van der Waals surface area contributed by atoms with E-state index in [1.807, 2.05) is 35.7 Å². The highest BCUT2D eigenvalue weighted by Gasteiger charge is 2.21. The fourth-order valence-electron chi connectivity index (χ4n) is 3.10. The van der Waals surface area contributed by atoms with E-state index in [1.54, 1.807) is 55.7 Å². The topological polar surface area (TPSA) is 73.2 Å². The molecule has 4 aromatic rings. The van der Waals surface area contributed by atoms with Crippen LogP contribution in [0.2, 0.25) is 0 Å². The van der Waals surface area contributed by atoms with E-state index >= 15 is 0 Å². The Kier molecular flexibility index (Phi) is 5.14. The SMILES string of the molecule is COc1ccc(NC(=O)[C@H](C)n2nc(-c3cccs3)c3ccccc3c2=O)cc1. The van der Waals surface area contributed by atoms with E-state index in [1.165, 1.54) is 4.68 Å². The minimum absolute atomic E-state index is 0.293. The van der Waals surface area contributed by atoms with Crippen LogP contribution < -0.4 is 15.6 Å². The lowest BCUT2D eigenvalue weighted by Gasteiger charge is -2.16. The second kappa shape index (κ2) is 7.89. The molecule has 2 heterocycles. The number of anilines is 1. The highest BCUT2D eigenvalue weighted by molar-refractivity contribution is 7.13. The van der Waals surface area contributed by atoms with Gasteiger partial charge in [-0.2, -0.15) is 5.10 Å². The van der Waals surface area contributed by atoms with Crippen LogP contribution in [0, 0.1) is 0 Å². The van der Waals surface area contributed by atoms with Crippen molar-refractivity contribution in [1.82, 2.24) is 9.78 Å². The zero-order valence-electron chi connectivity index (χ0n) is 16.0. The normalized spacial score (nSPS) is 11.9. The number of amides is 1. The smallest absolute Gasteiger partial charge is 0.275 e. The Bertz CT molecular complexity index is 1210. The highest BCUT2D eigenvalue weighted by Crippen LogP contribution is 2.29. The van der Waals surface area contributed by atoms with Crippen molar-refractivity contribution < 1.29 is 9.53 Å². The lowest BCUT2D eigenvalue weighted by atomic mass is 10.1. The second-order valence-corrected chi connectivity index (χ2v) is 7.46. The average Bonchev–Trinajstić information content (AvgIpc) is 3.29. The predicted octanol–water partition coefficient (Wildman–Crippen LogP) is 4.33. The lowest BCUT2D eigenvalue weighted by Crippen LogP contribution is -2.33. The molecular weight excluding hydrogens is 386 g/mol. The van der Waals surface area contributed by atoms with Gasteiger partial charge < -0.3 is 10.1 Å². The van der Waals surface area contributed by atoms with Gasteiger partial charge in [0.2, 0.25) is 5.91 Å². The van der Waals surface area contributed by atoms with E-state index < -0.39 is 6.04 Å². The molecule has 0 radical (unpaired) electrons. The van der Waals surface area contributed by atoms with Gasteiger partial charge in [-0.05, 0) is 48.7 Å². The molecule has 0 saturated heterocycles. The van der Waals surface area contributed by atoms with Crippen molar-refractivity contribution in [3.63, 3.8) is 0 Å². The number of aromatic nitrogens is 2. The first-order chi connectivity index (χ1) is 14.1. The Hall–Kier alpha value is -3.45. The van der Waals surface area contributed by atoms with Gasteiger partial charge in [0.05, 0.1) is 17.4 Å². The summed E-state index contributed by atoms with van der Waals surface area (Å²) in [4.78, 5) is 26.8. The number of thiophene rings is 1. The third kappa shape index (κ3) is 3.64. The number of methoxy groups -OCH3 is 1. The fourth-order valence-corrected chi connectivity index (χ4v) is 3.82. The quantitative estimate of drug-likeness (QED) is 0.536. The number of benzene rings is 2. The molecule has 1 atom stereocenters. The summed E-state index contributed by atoms with van der Waals surface area (Å²) < 4.78 is 6.39. The number of nitrogens with zero attached hydrogens (tertiary/aromatic N) is 2. The Morgan fingerprint density at radius 2 is 1.79 bits per heavy atom. The second-order valence-electron chi connectivity index (χ2n) is 6.51. The standard InChI is InChI=1S/C22H19N3O3S/c1-14(21(26)23-15-9-11-16(28-2)12-10-15)25-22(27)18-7-4-3-6-17(18)20(24-25)19-8-5-13-29-19/h3-14H,1-2H3,(H,23,26)/t14-/m0/s1. The Balaban J connectivity index is 1.73. The molecule has 0 aliphatic heterocycles. The molecule has 29 heavy (non-hydrogen) atoms. The molecule has 6 nitrogen and oxygen atoms in total. The Labute approximate surface area is 171 Å².